The van der Waals surface area contributed by atoms with Gasteiger partial charge >= 0.3 is 0 Å². The molecule has 0 aromatic carbocycles. The fraction of sp³-hybridized carbons (Fsp3) is 0.538. The zero-order chi connectivity index (χ0) is 12.5. The lowest BCUT2D eigenvalue weighted by Crippen LogP contribution is -2.20. The number of nitrogens with zero attached hydrogens (tertiary/aromatic N) is 3. The molecular weight excluding hydrogens is 294 g/mol. The molecule has 1 aliphatic rings. The minimum atomic E-state index is 0.324. The van der Waals surface area contributed by atoms with Crippen molar-refractivity contribution in [2.24, 2.45) is 5.92 Å². The van der Waals surface area contributed by atoms with Gasteiger partial charge in [-0.05, 0) is 53.6 Å². The fourth-order valence-electron chi connectivity index (χ4n) is 2.70. The molecule has 1 N–H and O–H groups in total. The van der Waals surface area contributed by atoms with Crippen LogP contribution in [0, 0.1) is 5.92 Å². The average Bonchev–Trinajstić information content (AvgIpc) is 2.81. The van der Waals surface area contributed by atoms with Gasteiger partial charge in [-0.25, -0.2) is 4.98 Å². The molecule has 0 saturated heterocycles. The molecule has 0 bridgehead atoms. The second-order valence-corrected chi connectivity index (χ2v) is 5.84. The van der Waals surface area contributed by atoms with Gasteiger partial charge in [0.25, 0.3) is 0 Å². The number of aliphatic hydroxyl groups excluding tert-OH is 1. The Morgan fingerprint density at radius 3 is 2.83 bits per heavy atom. The molecule has 0 unspecified atom stereocenters. The van der Waals surface area contributed by atoms with Crippen molar-refractivity contribution in [2.75, 3.05) is 6.61 Å². The summed E-state index contributed by atoms with van der Waals surface area (Å²) in [5, 5.41) is 14.9. The first-order chi connectivity index (χ1) is 8.76. The van der Waals surface area contributed by atoms with Crippen LogP contribution in [0.25, 0.3) is 10.9 Å². The number of pyridine rings is 1. The van der Waals surface area contributed by atoms with Crippen molar-refractivity contribution < 1.29 is 5.11 Å². The monoisotopic (exact) mass is 309 g/mol. The molecule has 2 aromatic heterocycles. The largest absolute Gasteiger partial charge is 0.396 e. The molecule has 18 heavy (non-hydrogen) atoms. The standard InChI is InChI=1S/C13H16BrN3O/c14-13-5-10-7-17(16-12(10)6-15-13)11-3-1-9(8-18)2-4-11/h5-7,9,11,18H,1-4,8H2. The quantitative estimate of drug-likeness (QED) is 0.868. The SMILES string of the molecule is OCC1CCC(n2cc3cc(Br)ncc3n2)CC1. The van der Waals surface area contributed by atoms with E-state index in [9.17, 15) is 0 Å². The molecule has 0 amide bonds. The molecule has 0 aliphatic heterocycles. The summed E-state index contributed by atoms with van der Waals surface area (Å²) in [6.07, 6.45) is 8.31. The molecule has 2 aromatic rings. The zero-order valence-corrected chi connectivity index (χ0v) is 11.7. The number of aromatic nitrogens is 3. The topological polar surface area (TPSA) is 50.9 Å². The second kappa shape index (κ2) is 4.97. The van der Waals surface area contributed by atoms with Crippen LogP contribution in [0.1, 0.15) is 31.7 Å². The number of hydrogen-bond donors (Lipinski definition) is 1. The Balaban J connectivity index is 1.82. The van der Waals surface area contributed by atoms with Crippen molar-refractivity contribution in [2.45, 2.75) is 31.7 Å². The van der Waals surface area contributed by atoms with Gasteiger partial charge in [0.2, 0.25) is 0 Å². The third-order valence-corrected chi connectivity index (χ3v) is 4.26. The maximum absolute atomic E-state index is 9.16. The van der Waals surface area contributed by atoms with Crippen LogP contribution in [-0.4, -0.2) is 26.5 Å². The number of hydrogen-bond acceptors (Lipinski definition) is 3. The molecule has 1 saturated carbocycles. The second-order valence-electron chi connectivity index (χ2n) is 5.03. The molecular formula is C13H16BrN3O. The van der Waals surface area contributed by atoms with E-state index in [-0.39, 0.29) is 0 Å². The molecule has 5 heteroatoms. The number of aliphatic hydroxyl groups is 1. The van der Waals surface area contributed by atoms with Crippen molar-refractivity contribution in [3.63, 3.8) is 0 Å². The molecule has 2 heterocycles. The highest BCUT2D eigenvalue weighted by atomic mass is 79.9. The van der Waals surface area contributed by atoms with Crippen LogP contribution in [0.2, 0.25) is 0 Å². The van der Waals surface area contributed by atoms with Crippen LogP contribution < -0.4 is 0 Å². The van der Waals surface area contributed by atoms with Crippen molar-refractivity contribution >= 4 is 26.8 Å². The Kier molecular flexibility index (Phi) is 3.35. The summed E-state index contributed by atoms with van der Waals surface area (Å²) in [4.78, 5) is 4.20. The first kappa shape index (κ1) is 12.1. The Morgan fingerprint density at radius 2 is 2.11 bits per heavy atom. The van der Waals surface area contributed by atoms with Gasteiger partial charge in [0, 0.05) is 18.2 Å². The Bertz CT molecular complexity index is 546. The lowest BCUT2D eigenvalue weighted by Gasteiger charge is -2.27. The predicted molar refractivity (Wildman–Crippen MR) is 73.3 cm³/mol. The molecule has 0 radical (unpaired) electrons. The van der Waals surface area contributed by atoms with Crippen molar-refractivity contribution in [3.05, 3.63) is 23.1 Å². The molecule has 1 aliphatic carbocycles. The van der Waals surface area contributed by atoms with E-state index < -0.39 is 0 Å². The fourth-order valence-corrected chi connectivity index (χ4v) is 3.05. The van der Waals surface area contributed by atoms with Gasteiger partial charge in [0.05, 0.1) is 12.2 Å². The van der Waals surface area contributed by atoms with Crippen LogP contribution in [0.5, 0.6) is 0 Å². The smallest absolute Gasteiger partial charge is 0.111 e. The molecule has 3 rings (SSSR count). The maximum atomic E-state index is 9.16. The van der Waals surface area contributed by atoms with E-state index in [1.54, 1.807) is 6.20 Å². The lowest BCUT2D eigenvalue weighted by molar-refractivity contribution is 0.165. The number of rotatable bonds is 2. The van der Waals surface area contributed by atoms with Crippen LogP contribution in [0.4, 0.5) is 0 Å². The highest BCUT2D eigenvalue weighted by Gasteiger charge is 2.22. The minimum Gasteiger partial charge on any atom is -0.396 e. The predicted octanol–water partition coefficient (Wildman–Crippen LogP) is 2.92. The minimum absolute atomic E-state index is 0.324. The van der Waals surface area contributed by atoms with E-state index in [0.29, 0.717) is 18.6 Å². The zero-order valence-electron chi connectivity index (χ0n) is 10.1. The molecule has 4 nitrogen and oxygen atoms in total. The molecule has 0 spiro atoms. The van der Waals surface area contributed by atoms with E-state index >= 15 is 0 Å². The third-order valence-electron chi connectivity index (χ3n) is 3.82. The Labute approximate surface area is 114 Å². The normalized spacial score (nSPS) is 24.6. The van der Waals surface area contributed by atoms with Gasteiger partial charge in [-0.3, -0.25) is 4.68 Å². The first-order valence-electron chi connectivity index (χ1n) is 6.37. The number of fused-ring (bicyclic) bond motifs is 1. The van der Waals surface area contributed by atoms with E-state index in [2.05, 4.69) is 36.9 Å². The van der Waals surface area contributed by atoms with E-state index in [4.69, 9.17) is 5.11 Å². The van der Waals surface area contributed by atoms with E-state index in [1.807, 2.05) is 6.07 Å². The van der Waals surface area contributed by atoms with Gasteiger partial charge in [-0.1, -0.05) is 0 Å². The molecule has 0 atom stereocenters. The summed E-state index contributed by atoms with van der Waals surface area (Å²) in [5.41, 5.74) is 0.947. The Morgan fingerprint density at radius 1 is 1.33 bits per heavy atom. The van der Waals surface area contributed by atoms with Gasteiger partial charge in [-0.2, -0.15) is 5.10 Å². The highest BCUT2D eigenvalue weighted by Crippen LogP contribution is 2.32. The van der Waals surface area contributed by atoms with Crippen molar-refractivity contribution in [1.82, 2.24) is 14.8 Å². The van der Waals surface area contributed by atoms with Crippen LogP contribution in [0.3, 0.4) is 0 Å². The molecule has 1 fully saturated rings. The molecule has 96 valence electrons. The first-order valence-corrected chi connectivity index (χ1v) is 7.17. The maximum Gasteiger partial charge on any atom is 0.111 e. The summed E-state index contributed by atoms with van der Waals surface area (Å²) >= 11 is 3.38. The average molecular weight is 310 g/mol. The van der Waals surface area contributed by atoms with Crippen LogP contribution in [0.15, 0.2) is 23.1 Å². The van der Waals surface area contributed by atoms with Gasteiger partial charge in [-0.15, -0.1) is 0 Å². The van der Waals surface area contributed by atoms with Gasteiger partial charge in [0.1, 0.15) is 10.1 Å². The van der Waals surface area contributed by atoms with Crippen LogP contribution >= 0.6 is 15.9 Å². The van der Waals surface area contributed by atoms with Crippen molar-refractivity contribution in [3.8, 4) is 0 Å². The number of halogens is 1. The van der Waals surface area contributed by atoms with Gasteiger partial charge in [0.15, 0.2) is 0 Å². The summed E-state index contributed by atoms with van der Waals surface area (Å²) in [5.74, 6) is 0.488. The highest BCUT2D eigenvalue weighted by molar-refractivity contribution is 9.10. The van der Waals surface area contributed by atoms with Gasteiger partial charge < -0.3 is 5.11 Å². The van der Waals surface area contributed by atoms with E-state index in [1.165, 1.54) is 0 Å². The lowest BCUT2D eigenvalue weighted by atomic mass is 9.87. The third kappa shape index (κ3) is 2.29. The Hall–Kier alpha value is -0.940. The summed E-state index contributed by atoms with van der Waals surface area (Å²) in [6, 6.07) is 2.47. The van der Waals surface area contributed by atoms with E-state index in [0.717, 1.165) is 41.2 Å². The summed E-state index contributed by atoms with van der Waals surface area (Å²) < 4.78 is 2.92. The summed E-state index contributed by atoms with van der Waals surface area (Å²) in [6.45, 7) is 0.324. The van der Waals surface area contributed by atoms with Crippen LogP contribution in [-0.2, 0) is 0 Å². The summed E-state index contributed by atoms with van der Waals surface area (Å²) in [7, 11) is 0. The van der Waals surface area contributed by atoms with Crippen molar-refractivity contribution in [1.29, 1.82) is 0 Å².